The van der Waals surface area contributed by atoms with Crippen molar-refractivity contribution in [2.45, 2.75) is 6.61 Å². The first-order valence-electron chi connectivity index (χ1n) is 8.90. The largest absolute Gasteiger partial charge is 0.482 e. The Labute approximate surface area is 177 Å². The molecule has 1 amide bonds. The number of benzene rings is 3. The molecule has 0 fully saturated rings. The Morgan fingerprint density at radius 2 is 1.80 bits per heavy atom. The van der Waals surface area contributed by atoms with Gasteiger partial charge in [-0.15, -0.1) is 0 Å². The van der Waals surface area contributed by atoms with Gasteiger partial charge in [0.25, 0.3) is 5.91 Å². The van der Waals surface area contributed by atoms with Crippen molar-refractivity contribution >= 4 is 34.9 Å². The third-order valence-electron chi connectivity index (χ3n) is 4.02. The maximum absolute atomic E-state index is 13.2. The predicted molar refractivity (Wildman–Crippen MR) is 112 cm³/mol. The summed E-state index contributed by atoms with van der Waals surface area (Å²) >= 11 is 5.68. The molecule has 0 radical (unpaired) electrons. The van der Waals surface area contributed by atoms with Gasteiger partial charge in [0.1, 0.15) is 18.2 Å². The topological polar surface area (TPSA) is 90.7 Å². The van der Waals surface area contributed by atoms with Crippen LogP contribution in [0.5, 0.6) is 5.75 Å². The molecule has 8 heteroatoms. The number of carbonyl (C=O) groups excluding carboxylic acids is 2. The van der Waals surface area contributed by atoms with Gasteiger partial charge in [0.2, 0.25) is 0 Å². The van der Waals surface area contributed by atoms with Gasteiger partial charge >= 0.3 is 5.97 Å². The van der Waals surface area contributed by atoms with Crippen molar-refractivity contribution in [1.29, 1.82) is 0 Å². The third kappa shape index (κ3) is 5.71. The lowest BCUT2D eigenvalue weighted by atomic mass is 10.2. The SMILES string of the molecule is Nc1ccc(C(=O)OCc2ccccc2)cc1OCC(=O)Nc1ccc(F)c(Cl)c1. The predicted octanol–water partition coefficient (Wildman–Crippen LogP) is 4.44. The zero-order chi connectivity index (χ0) is 21.5. The molecule has 3 N–H and O–H groups in total. The molecule has 0 aliphatic heterocycles. The Bertz CT molecular complexity index is 1060. The molecule has 0 aliphatic carbocycles. The second-order valence-corrected chi connectivity index (χ2v) is 6.69. The molecule has 0 spiro atoms. The summed E-state index contributed by atoms with van der Waals surface area (Å²) in [5.74, 6) is -1.48. The average molecular weight is 429 g/mol. The molecule has 0 bridgehead atoms. The molecular formula is C22H18ClFN2O4. The summed E-state index contributed by atoms with van der Waals surface area (Å²) < 4.78 is 23.9. The van der Waals surface area contributed by atoms with Crippen molar-refractivity contribution in [2.75, 3.05) is 17.7 Å². The third-order valence-corrected chi connectivity index (χ3v) is 4.31. The monoisotopic (exact) mass is 428 g/mol. The van der Waals surface area contributed by atoms with Crippen LogP contribution in [0.15, 0.2) is 66.7 Å². The van der Waals surface area contributed by atoms with Gasteiger partial charge in [-0.05, 0) is 42.0 Å². The van der Waals surface area contributed by atoms with Crippen LogP contribution in [0.1, 0.15) is 15.9 Å². The lowest BCUT2D eigenvalue weighted by Crippen LogP contribution is -2.20. The van der Waals surface area contributed by atoms with Crippen LogP contribution in [0.25, 0.3) is 0 Å². The number of halogens is 2. The van der Waals surface area contributed by atoms with E-state index in [4.69, 9.17) is 26.8 Å². The van der Waals surface area contributed by atoms with E-state index in [-0.39, 0.29) is 35.2 Å². The zero-order valence-corrected chi connectivity index (χ0v) is 16.5. The van der Waals surface area contributed by atoms with E-state index in [1.165, 1.54) is 30.3 Å². The molecule has 154 valence electrons. The first kappa shape index (κ1) is 21.1. The molecular weight excluding hydrogens is 411 g/mol. The van der Waals surface area contributed by atoms with E-state index in [1.54, 1.807) is 0 Å². The minimum Gasteiger partial charge on any atom is -0.482 e. The normalized spacial score (nSPS) is 10.3. The summed E-state index contributed by atoms with van der Waals surface area (Å²) in [6.45, 7) is -0.245. The van der Waals surface area contributed by atoms with E-state index >= 15 is 0 Å². The van der Waals surface area contributed by atoms with Crippen LogP contribution in [0.4, 0.5) is 15.8 Å². The highest BCUT2D eigenvalue weighted by Gasteiger charge is 2.13. The number of carbonyl (C=O) groups is 2. The maximum atomic E-state index is 13.2. The molecule has 0 aromatic heterocycles. The number of ether oxygens (including phenoxy) is 2. The molecule has 0 heterocycles. The van der Waals surface area contributed by atoms with Crippen molar-refractivity contribution in [3.05, 3.63) is 88.7 Å². The number of rotatable bonds is 7. The van der Waals surface area contributed by atoms with E-state index in [0.29, 0.717) is 5.69 Å². The van der Waals surface area contributed by atoms with Gasteiger partial charge in [-0.1, -0.05) is 41.9 Å². The highest BCUT2D eigenvalue weighted by atomic mass is 35.5. The van der Waals surface area contributed by atoms with Gasteiger partial charge in [0.05, 0.1) is 16.3 Å². The fraction of sp³-hybridized carbons (Fsp3) is 0.0909. The van der Waals surface area contributed by atoms with Crippen LogP contribution in [0, 0.1) is 5.82 Å². The van der Waals surface area contributed by atoms with Crippen LogP contribution >= 0.6 is 11.6 Å². The second kappa shape index (κ2) is 9.76. The summed E-state index contributed by atoms with van der Waals surface area (Å²) in [5.41, 5.74) is 7.53. The van der Waals surface area contributed by atoms with E-state index in [2.05, 4.69) is 5.32 Å². The van der Waals surface area contributed by atoms with Crippen LogP contribution in [0.2, 0.25) is 5.02 Å². The maximum Gasteiger partial charge on any atom is 0.338 e. The molecule has 3 rings (SSSR count). The van der Waals surface area contributed by atoms with Crippen molar-refractivity contribution in [2.24, 2.45) is 0 Å². The Morgan fingerprint density at radius 1 is 1.03 bits per heavy atom. The van der Waals surface area contributed by atoms with Gasteiger partial charge in [-0.25, -0.2) is 9.18 Å². The van der Waals surface area contributed by atoms with E-state index in [9.17, 15) is 14.0 Å². The van der Waals surface area contributed by atoms with Crippen molar-refractivity contribution < 1.29 is 23.5 Å². The first-order valence-corrected chi connectivity index (χ1v) is 9.28. The van der Waals surface area contributed by atoms with E-state index < -0.39 is 17.7 Å². The van der Waals surface area contributed by atoms with Gasteiger partial charge < -0.3 is 20.5 Å². The minimum absolute atomic E-state index is 0.111. The molecule has 0 aliphatic rings. The van der Waals surface area contributed by atoms with Crippen LogP contribution in [0.3, 0.4) is 0 Å². The molecule has 0 saturated carbocycles. The average Bonchev–Trinajstić information content (AvgIpc) is 2.75. The highest BCUT2D eigenvalue weighted by molar-refractivity contribution is 6.31. The van der Waals surface area contributed by atoms with Gasteiger partial charge in [-0.3, -0.25) is 4.79 Å². The first-order chi connectivity index (χ1) is 14.4. The van der Waals surface area contributed by atoms with E-state index in [0.717, 1.165) is 11.6 Å². The van der Waals surface area contributed by atoms with Crippen LogP contribution < -0.4 is 15.8 Å². The standard InChI is InChI=1S/C22H18ClFN2O4/c23-17-11-16(7-8-18(17)24)26-21(27)13-29-20-10-15(6-9-19(20)25)22(28)30-12-14-4-2-1-3-5-14/h1-11H,12-13,25H2,(H,26,27). The van der Waals surface area contributed by atoms with Crippen LogP contribution in [-0.2, 0) is 16.1 Å². The Balaban J connectivity index is 1.58. The van der Waals surface area contributed by atoms with Crippen molar-refractivity contribution in [1.82, 2.24) is 0 Å². The van der Waals surface area contributed by atoms with E-state index in [1.807, 2.05) is 30.3 Å². The molecule has 0 atom stereocenters. The zero-order valence-electron chi connectivity index (χ0n) is 15.7. The van der Waals surface area contributed by atoms with Crippen molar-refractivity contribution in [3.8, 4) is 5.75 Å². The minimum atomic E-state index is -0.588. The van der Waals surface area contributed by atoms with Crippen molar-refractivity contribution in [3.63, 3.8) is 0 Å². The number of nitrogens with one attached hydrogen (secondary N) is 1. The number of hydrogen-bond acceptors (Lipinski definition) is 5. The summed E-state index contributed by atoms with van der Waals surface area (Å²) in [5, 5.41) is 2.42. The van der Waals surface area contributed by atoms with Gasteiger partial charge in [0, 0.05) is 5.69 Å². The molecule has 3 aromatic rings. The van der Waals surface area contributed by atoms with Gasteiger partial charge in [-0.2, -0.15) is 0 Å². The quantitative estimate of drug-likeness (QED) is 0.429. The molecule has 0 unspecified atom stereocenters. The lowest BCUT2D eigenvalue weighted by Gasteiger charge is -2.11. The number of hydrogen-bond donors (Lipinski definition) is 2. The fourth-order valence-electron chi connectivity index (χ4n) is 2.51. The number of nitrogens with two attached hydrogens (primary N) is 1. The number of amides is 1. The second-order valence-electron chi connectivity index (χ2n) is 6.28. The summed E-state index contributed by atoms with van der Waals surface area (Å²) in [6.07, 6.45) is 0. The number of nitrogen functional groups attached to an aromatic ring is 1. The van der Waals surface area contributed by atoms with Gasteiger partial charge in [0.15, 0.2) is 6.61 Å². The summed E-state index contributed by atoms with van der Waals surface area (Å²) in [6, 6.07) is 17.5. The number of esters is 1. The Morgan fingerprint density at radius 3 is 2.53 bits per heavy atom. The number of anilines is 2. The molecule has 30 heavy (non-hydrogen) atoms. The smallest absolute Gasteiger partial charge is 0.338 e. The molecule has 3 aromatic carbocycles. The summed E-state index contributed by atoms with van der Waals surface area (Å²) in [4.78, 5) is 24.3. The molecule has 0 saturated heterocycles. The molecule has 6 nitrogen and oxygen atoms in total. The lowest BCUT2D eigenvalue weighted by molar-refractivity contribution is -0.118. The Hall–Kier alpha value is -3.58. The summed E-state index contributed by atoms with van der Waals surface area (Å²) in [7, 11) is 0. The van der Waals surface area contributed by atoms with Crippen LogP contribution in [-0.4, -0.2) is 18.5 Å². The highest BCUT2D eigenvalue weighted by Crippen LogP contribution is 2.24. The Kier molecular flexibility index (Phi) is 6.87. The fourth-order valence-corrected chi connectivity index (χ4v) is 2.69.